The first-order valence-corrected chi connectivity index (χ1v) is 9.33. The second-order valence-electron chi connectivity index (χ2n) is 7.63. The molecule has 2 heterocycles. The molecule has 2 unspecified atom stereocenters. The van der Waals surface area contributed by atoms with Crippen molar-refractivity contribution in [2.24, 2.45) is 18.1 Å². The molecule has 0 aromatic carbocycles. The summed E-state index contributed by atoms with van der Waals surface area (Å²) in [6.07, 6.45) is -8.71. The van der Waals surface area contributed by atoms with E-state index in [-0.39, 0.29) is 18.2 Å². The molecule has 3 rings (SSSR count). The highest BCUT2D eigenvalue weighted by Crippen LogP contribution is 2.50. The van der Waals surface area contributed by atoms with Crippen molar-refractivity contribution in [3.63, 3.8) is 0 Å². The summed E-state index contributed by atoms with van der Waals surface area (Å²) in [6.45, 7) is 3.34. The monoisotopic (exact) mass is 453 g/mol. The van der Waals surface area contributed by atoms with Crippen LogP contribution in [0.5, 0.6) is 0 Å². The Balaban J connectivity index is 1.96. The summed E-state index contributed by atoms with van der Waals surface area (Å²) in [4.78, 5) is 4.85. The van der Waals surface area contributed by atoms with Crippen LogP contribution in [-0.4, -0.2) is 40.2 Å². The van der Waals surface area contributed by atoms with Crippen LogP contribution in [0.1, 0.15) is 38.1 Å². The third-order valence-electron chi connectivity index (χ3n) is 5.51. The predicted molar refractivity (Wildman–Crippen MR) is 96.7 cm³/mol. The van der Waals surface area contributed by atoms with E-state index in [4.69, 9.17) is 14.7 Å². The zero-order chi connectivity index (χ0) is 23.2. The number of ether oxygens (including phenoxy) is 1. The lowest BCUT2D eigenvalue weighted by Gasteiger charge is -2.29. The SMILES string of the molecule is CC1=C(COCO)C(C)CC(C2=NOC(c3cc(C(F)(F)F)nn3C)(C(F)(F)F)C2)=C1. The molecule has 31 heavy (non-hydrogen) atoms. The van der Waals surface area contributed by atoms with E-state index in [2.05, 4.69) is 10.3 Å². The number of aliphatic hydroxyl groups excluding tert-OH is 1. The molecule has 1 aromatic heterocycles. The molecule has 0 radical (unpaired) electrons. The molecule has 1 aliphatic carbocycles. The van der Waals surface area contributed by atoms with Crippen molar-refractivity contribution in [3.8, 4) is 0 Å². The average Bonchev–Trinajstić information content (AvgIpc) is 3.25. The Labute approximate surface area is 173 Å². The highest BCUT2D eigenvalue weighted by atomic mass is 19.4. The van der Waals surface area contributed by atoms with Crippen LogP contribution in [0.2, 0.25) is 0 Å². The molecule has 0 saturated carbocycles. The lowest BCUT2D eigenvalue weighted by Crippen LogP contribution is -2.44. The minimum atomic E-state index is -5.04. The Hall–Kier alpha value is -2.34. The van der Waals surface area contributed by atoms with Gasteiger partial charge in [0.15, 0.2) is 5.69 Å². The van der Waals surface area contributed by atoms with Crippen molar-refractivity contribution in [1.29, 1.82) is 0 Å². The molecule has 1 N–H and O–H groups in total. The molecule has 6 nitrogen and oxygen atoms in total. The molecule has 1 aromatic rings. The zero-order valence-electron chi connectivity index (χ0n) is 16.9. The van der Waals surface area contributed by atoms with Crippen LogP contribution in [0, 0.1) is 5.92 Å². The highest BCUT2D eigenvalue weighted by molar-refractivity contribution is 6.02. The third-order valence-corrected chi connectivity index (χ3v) is 5.51. The Morgan fingerprint density at radius 3 is 2.48 bits per heavy atom. The topological polar surface area (TPSA) is 68.9 Å². The van der Waals surface area contributed by atoms with Crippen molar-refractivity contribution in [2.45, 2.75) is 44.6 Å². The molecule has 2 aliphatic rings. The highest BCUT2D eigenvalue weighted by Gasteiger charge is 2.64. The van der Waals surface area contributed by atoms with Crippen LogP contribution in [-0.2, 0) is 28.4 Å². The van der Waals surface area contributed by atoms with E-state index in [1.165, 1.54) is 0 Å². The minimum absolute atomic E-state index is 0.0143. The Morgan fingerprint density at radius 2 is 1.97 bits per heavy atom. The second-order valence-corrected chi connectivity index (χ2v) is 7.63. The minimum Gasteiger partial charge on any atom is -0.372 e. The van der Waals surface area contributed by atoms with Gasteiger partial charge in [-0.2, -0.15) is 31.4 Å². The van der Waals surface area contributed by atoms with Gasteiger partial charge in [-0.15, -0.1) is 0 Å². The van der Waals surface area contributed by atoms with Gasteiger partial charge in [-0.3, -0.25) is 4.68 Å². The van der Waals surface area contributed by atoms with Gasteiger partial charge in [-0.05, 0) is 42.0 Å². The van der Waals surface area contributed by atoms with E-state index in [0.29, 0.717) is 22.7 Å². The Kier molecular flexibility index (Phi) is 6.00. The second kappa shape index (κ2) is 7.97. The van der Waals surface area contributed by atoms with Gasteiger partial charge in [0.1, 0.15) is 6.79 Å². The first-order valence-electron chi connectivity index (χ1n) is 9.33. The van der Waals surface area contributed by atoms with E-state index in [9.17, 15) is 26.3 Å². The third kappa shape index (κ3) is 4.22. The maximum absolute atomic E-state index is 14.1. The van der Waals surface area contributed by atoms with Gasteiger partial charge in [-0.1, -0.05) is 18.2 Å². The van der Waals surface area contributed by atoms with Gasteiger partial charge in [-0.25, -0.2) is 0 Å². The quantitative estimate of drug-likeness (QED) is 0.536. The molecule has 1 aliphatic heterocycles. The van der Waals surface area contributed by atoms with Crippen molar-refractivity contribution in [2.75, 3.05) is 13.4 Å². The molecule has 12 heteroatoms. The predicted octanol–water partition coefficient (Wildman–Crippen LogP) is 4.22. The lowest BCUT2D eigenvalue weighted by atomic mass is 9.80. The standard InChI is InChI=1S/C19H21F6N3O3/c1-10-4-12(5-11(2)13(10)8-30-9-29)14-7-17(31-27-14,19(23,24)25)16-6-15(18(20,21)22)26-28(16)3/h4,6,11,29H,5,7-9H2,1-3H3. The van der Waals surface area contributed by atoms with E-state index >= 15 is 0 Å². The normalized spacial score (nSPS) is 24.9. The van der Waals surface area contributed by atoms with Gasteiger partial charge in [0.25, 0.3) is 5.60 Å². The maximum Gasteiger partial charge on any atom is 0.437 e. The zero-order valence-corrected chi connectivity index (χ0v) is 16.9. The van der Waals surface area contributed by atoms with Crippen LogP contribution < -0.4 is 0 Å². The fourth-order valence-corrected chi connectivity index (χ4v) is 3.89. The first-order chi connectivity index (χ1) is 14.3. The molecule has 172 valence electrons. The summed E-state index contributed by atoms with van der Waals surface area (Å²) in [5, 5.41) is 15.7. The summed E-state index contributed by atoms with van der Waals surface area (Å²) in [5.41, 5.74) is -3.13. The number of oxime groups is 1. The van der Waals surface area contributed by atoms with Crippen molar-refractivity contribution < 1.29 is 41.0 Å². The van der Waals surface area contributed by atoms with Crippen LogP contribution >= 0.6 is 0 Å². The molecule has 0 fully saturated rings. The molecule has 0 saturated heterocycles. The van der Waals surface area contributed by atoms with Gasteiger partial charge in [0.05, 0.1) is 24.4 Å². The number of nitrogens with zero attached hydrogens (tertiary/aromatic N) is 3. The van der Waals surface area contributed by atoms with Crippen molar-refractivity contribution >= 4 is 5.71 Å². The molecule has 2 atom stereocenters. The number of halogens is 6. The number of allylic oxidation sites excluding steroid dienone is 3. The molecule has 0 spiro atoms. The van der Waals surface area contributed by atoms with Gasteiger partial charge in [0.2, 0.25) is 0 Å². The molecular weight excluding hydrogens is 432 g/mol. The summed E-state index contributed by atoms with van der Waals surface area (Å²) in [5.74, 6) is -0.0938. The summed E-state index contributed by atoms with van der Waals surface area (Å²) in [6, 6.07) is 0.347. The summed E-state index contributed by atoms with van der Waals surface area (Å²) in [7, 11) is 1.00. The van der Waals surface area contributed by atoms with E-state index in [1.54, 1.807) is 13.0 Å². The number of rotatable bonds is 5. The van der Waals surface area contributed by atoms with Crippen LogP contribution in [0.25, 0.3) is 0 Å². The fraction of sp³-hybridized carbons (Fsp3) is 0.579. The lowest BCUT2D eigenvalue weighted by molar-refractivity contribution is -0.278. The van der Waals surface area contributed by atoms with Gasteiger partial charge < -0.3 is 14.7 Å². The van der Waals surface area contributed by atoms with Gasteiger partial charge >= 0.3 is 12.4 Å². The molecule has 0 amide bonds. The van der Waals surface area contributed by atoms with Crippen LogP contribution in [0.15, 0.2) is 34.0 Å². The summed E-state index contributed by atoms with van der Waals surface area (Å²) >= 11 is 0. The van der Waals surface area contributed by atoms with Crippen molar-refractivity contribution in [3.05, 3.63) is 40.2 Å². The van der Waals surface area contributed by atoms with Crippen molar-refractivity contribution in [1.82, 2.24) is 9.78 Å². The van der Waals surface area contributed by atoms with E-state index in [1.807, 2.05) is 6.92 Å². The number of hydrogen-bond acceptors (Lipinski definition) is 5. The number of hydrogen-bond donors (Lipinski definition) is 1. The van der Waals surface area contributed by atoms with E-state index < -0.39 is 42.6 Å². The van der Waals surface area contributed by atoms with Crippen LogP contribution in [0.3, 0.4) is 0 Å². The smallest absolute Gasteiger partial charge is 0.372 e. The number of aromatic nitrogens is 2. The Morgan fingerprint density at radius 1 is 1.29 bits per heavy atom. The summed E-state index contributed by atoms with van der Waals surface area (Å²) < 4.78 is 86.8. The maximum atomic E-state index is 14.1. The van der Waals surface area contributed by atoms with Gasteiger partial charge in [0, 0.05) is 7.05 Å². The molecule has 0 bridgehead atoms. The number of alkyl halides is 6. The Bertz CT molecular complexity index is 945. The number of aryl methyl sites for hydroxylation is 1. The largest absolute Gasteiger partial charge is 0.437 e. The molecular formula is C19H21F6N3O3. The first kappa shape index (κ1) is 23.3. The average molecular weight is 453 g/mol. The van der Waals surface area contributed by atoms with Crippen LogP contribution in [0.4, 0.5) is 26.3 Å². The fourth-order valence-electron chi connectivity index (χ4n) is 3.89. The number of aliphatic hydroxyl groups is 1. The van der Waals surface area contributed by atoms with E-state index in [0.717, 1.165) is 18.2 Å².